The first-order chi connectivity index (χ1) is 9.80. The standard InChI is InChI=1S/C16H23N3O2/c1-10(2)14(20)18-12-6-8-13(9-7-12)19-15(21)16(3,17)11-4-5-11/h6-11H,4-5,17H2,1-3H3,(H,18,20)(H,19,21). The molecule has 1 saturated carbocycles. The summed E-state index contributed by atoms with van der Waals surface area (Å²) >= 11 is 0. The lowest BCUT2D eigenvalue weighted by Gasteiger charge is -2.23. The molecule has 5 nitrogen and oxygen atoms in total. The molecule has 0 aliphatic heterocycles. The molecule has 0 aromatic heterocycles. The highest BCUT2D eigenvalue weighted by Gasteiger charge is 2.44. The number of carbonyl (C=O) groups is 2. The van der Waals surface area contributed by atoms with Crippen molar-refractivity contribution >= 4 is 23.2 Å². The van der Waals surface area contributed by atoms with Crippen molar-refractivity contribution in [2.45, 2.75) is 39.2 Å². The third-order valence-corrected chi connectivity index (χ3v) is 3.85. The Kier molecular flexibility index (Phi) is 4.32. The van der Waals surface area contributed by atoms with E-state index in [2.05, 4.69) is 10.6 Å². The Bertz CT molecular complexity index is 531. The van der Waals surface area contributed by atoms with Gasteiger partial charge in [0.25, 0.3) is 0 Å². The van der Waals surface area contributed by atoms with Crippen molar-refractivity contribution in [2.24, 2.45) is 17.6 Å². The number of hydrogen-bond acceptors (Lipinski definition) is 3. The first kappa shape index (κ1) is 15.5. The van der Waals surface area contributed by atoms with Gasteiger partial charge in [0.15, 0.2) is 0 Å². The van der Waals surface area contributed by atoms with E-state index < -0.39 is 5.54 Å². The van der Waals surface area contributed by atoms with Gasteiger partial charge in [0, 0.05) is 17.3 Å². The summed E-state index contributed by atoms with van der Waals surface area (Å²) in [5.74, 6) is 0.0157. The summed E-state index contributed by atoms with van der Waals surface area (Å²) in [4.78, 5) is 23.8. The van der Waals surface area contributed by atoms with Crippen LogP contribution < -0.4 is 16.4 Å². The second-order valence-corrected chi connectivity index (χ2v) is 6.23. The van der Waals surface area contributed by atoms with Crippen LogP contribution in [0.5, 0.6) is 0 Å². The number of hydrogen-bond donors (Lipinski definition) is 3. The van der Waals surface area contributed by atoms with Crippen LogP contribution in [0.4, 0.5) is 11.4 Å². The molecule has 4 N–H and O–H groups in total. The molecule has 21 heavy (non-hydrogen) atoms. The van der Waals surface area contributed by atoms with Crippen molar-refractivity contribution in [3.63, 3.8) is 0 Å². The van der Waals surface area contributed by atoms with Crippen molar-refractivity contribution < 1.29 is 9.59 Å². The Morgan fingerprint density at radius 2 is 1.62 bits per heavy atom. The summed E-state index contributed by atoms with van der Waals surface area (Å²) in [6, 6.07) is 7.05. The molecule has 0 bridgehead atoms. The van der Waals surface area contributed by atoms with E-state index in [9.17, 15) is 9.59 Å². The number of amides is 2. The Labute approximate surface area is 125 Å². The average molecular weight is 289 g/mol. The van der Waals surface area contributed by atoms with Crippen molar-refractivity contribution in [1.82, 2.24) is 0 Å². The van der Waals surface area contributed by atoms with Gasteiger partial charge in [-0.15, -0.1) is 0 Å². The van der Waals surface area contributed by atoms with Gasteiger partial charge in [0.05, 0.1) is 5.54 Å². The fourth-order valence-corrected chi connectivity index (χ4v) is 2.06. The molecule has 1 aromatic carbocycles. The van der Waals surface area contributed by atoms with Crippen LogP contribution in [-0.2, 0) is 9.59 Å². The van der Waals surface area contributed by atoms with Crippen LogP contribution in [-0.4, -0.2) is 17.4 Å². The van der Waals surface area contributed by atoms with Gasteiger partial charge in [0.2, 0.25) is 11.8 Å². The van der Waals surface area contributed by atoms with Crippen LogP contribution >= 0.6 is 0 Å². The summed E-state index contributed by atoms with van der Waals surface area (Å²) < 4.78 is 0. The lowest BCUT2D eigenvalue weighted by Crippen LogP contribution is -2.50. The van der Waals surface area contributed by atoms with E-state index in [1.54, 1.807) is 31.2 Å². The maximum Gasteiger partial charge on any atom is 0.244 e. The molecule has 1 aliphatic rings. The second kappa shape index (κ2) is 5.85. The summed E-state index contributed by atoms with van der Waals surface area (Å²) in [7, 11) is 0. The molecule has 1 fully saturated rings. The van der Waals surface area contributed by atoms with Gasteiger partial charge in [-0.1, -0.05) is 13.8 Å². The van der Waals surface area contributed by atoms with Crippen LogP contribution in [0.15, 0.2) is 24.3 Å². The minimum Gasteiger partial charge on any atom is -0.326 e. The van der Waals surface area contributed by atoms with Crippen molar-refractivity contribution in [2.75, 3.05) is 10.6 Å². The van der Waals surface area contributed by atoms with Gasteiger partial charge in [-0.05, 0) is 49.9 Å². The first-order valence-electron chi connectivity index (χ1n) is 7.32. The van der Waals surface area contributed by atoms with Gasteiger partial charge in [-0.2, -0.15) is 0 Å². The van der Waals surface area contributed by atoms with Gasteiger partial charge >= 0.3 is 0 Å². The van der Waals surface area contributed by atoms with E-state index in [1.165, 1.54) is 0 Å². The molecule has 0 heterocycles. The molecule has 1 atom stereocenters. The first-order valence-corrected chi connectivity index (χ1v) is 7.32. The van der Waals surface area contributed by atoms with E-state index in [4.69, 9.17) is 5.73 Å². The number of nitrogens with two attached hydrogens (primary N) is 1. The zero-order valence-electron chi connectivity index (χ0n) is 12.8. The minimum absolute atomic E-state index is 0.0324. The van der Waals surface area contributed by atoms with Crippen LogP contribution in [0.25, 0.3) is 0 Å². The molecule has 0 spiro atoms. The monoisotopic (exact) mass is 289 g/mol. The highest BCUT2D eigenvalue weighted by molar-refractivity contribution is 5.98. The van der Waals surface area contributed by atoms with Crippen LogP contribution in [0.3, 0.4) is 0 Å². The normalized spacial score (nSPS) is 17.2. The molecule has 1 unspecified atom stereocenters. The fraction of sp³-hybridized carbons (Fsp3) is 0.500. The number of benzene rings is 1. The van der Waals surface area contributed by atoms with Crippen LogP contribution in [0.1, 0.15) is 33.6 Å². The largest absolute Gasteiger partial charge is 0.326 e. The molecule has 1 aromatic rings. The zero-order chi connectivity index (χ0) is 15.6. The third-order valence-electron chi connectivity index (χ3n) is 3.85. The smallest absolute Gasteiger partial charge is 0.244 e. The minimum atomic E-state index is -0.815. The number of carbonyl (C=O) groups excluding carboxylic acids is 2. The lowest BCUT2D eigenvalue weighted by molar-refractivity contribution is -0.121. The molecule has 2 rings (SSSR count). The topological polar surface area (TPSA) is 84.2 Å². The van der Waals surface area contributed by atoms with E-state index in [-0.39, 0.29) is 23.7 Å². The molecular formula is C16H23N3O2. The second-order valence-electron chi connectivity index (χ2n) is 6.23. The Balaban J connectivity index is 1.96. The van der Waals surface area contributed by atoms with Gasteiger partial charge in [0.1, 0.15) is 0 Å². The van der Waals surface area contributed by atoms with E-state index in [1.807, 2.05) is 13.8 Å². The zero-order valence-corrected chi connectivity index (χ0v) is 12.8. The number of rotatable bonds is 5. The van der Waals surface area contributed by atoms with E-state index in [0.29, 0.717) is 11.4 Å². The Morgan fingerprint density at radius 1 is 1.14 bits per heavy atom. The quantitative estimate of drug-likeness (QED) is 0.778. The fourth-order valence-electron chi connectivity index (χ4n) is 2.06. The summed E-state index contributed by atoms with van der Waals surface area (Å²) in [6.45, 7) is 5.45. The van der Waals surface area contributed by atoms with E-state index in [0.717, 1.165) is 12.8 Å². The van der Waals surface area contributed by atoms with Crippen molar-refractivity contribution in [3.8, 4) is 0 Å². The Morgan fingerprint density at radius 3 is 2.05 bits per heavy atom. The van der Waals surface area contributed by atoms with Crippen molar-refractivity contribution in [1.29, 1.82) is 0 Å². The molecule has 2 amide bonds. The highest BCUT2D eigenvalue weighted by Crippen LogP contribution is 2.38. The van der Waals surface area contributed by atoms with Gasteiger partial charge in [-0.3, -0.25) is 9.59 Å². The molecule has 0 saturated heterocycles. The summed E-state index contributed by atoms with van der Waals surface area (Å²) in [5, 5.41) is 5.63. The van der Waals surface area contributed by atoms with Gasteiger partial charge in [-0.25, -0.2) is 0 Å². The predicted molar refractivity (Wildman–Crippen MR) is 83.9 cm³/mol. The maximum atomic E-state index is 12.2. The summed E-state index contributed by atoms with van der Waals surface area (Å²) in [6.07, 6.45) is 2.03. The Hall–Kier alpha value is -1.88. The van der Waals surface area contributed by atoms with Crippen molar-refractivity contribution in [3.05, 3.63) is 24.3 Å². The lowest BCUT2D eigenvalue weighted by atomic mass is 9.96. The number of anilines is 2. The highest BCUT2D eigenvalue weighted by atomic mass is 16.2. The maximum absolute atomic E-state index is 12.2. The van der Waals surface area contributed by atoms with Crippen LogP contribution in [0, 0.1) is 11.8 Å². The molecule has 5 heteroatoms. The predicted octanol–water partition coefficient (Wildman–Crippen LogP) is 2.35. The van der Waals surface area contributed by atoms with Crippen LogP contribution in [0.2, 0.25) is 0 Å². The SMILES string of the molecule is CC(C)C(=O)Nc1ccc(NC(=O)C(C)(N)C2CC2)cc1. The number of nitrogens with one attached hydrogen (secondary N) is 2. The molecular weight excluding hydrogens is 266 g/mol. The molecule has 114 valence electrons. The molecule has 1 aliphatic carbocycles. The average Bonchev–Trinajstić information content (AvgIpc) is 3.25. The third kappa shape index (κ3) is 3.82. The van der Waals surface area contributed by atoms with E-state index >= 15 is 0 Å². The molecule has 0 radical (unpaired) electrons. The van der Waals surface area contributed by atoms with Gasteiger partial charge < -0.3 is 16.4 Å². The summed E-state index contributed by atoms with van der Waals surface area (Å²) in [5.41, 5.74) is 6.65.